The summed E-state index contributed by atoms with van der Waals surface area (Å²) in [7, 11) is 0. The largest absolute Gasteiger partial charge is 0.339 e. The highest BCUT2D eigenvalue weighted by atomic mass is 16.2. The Labute approximate surface area is 93.3 Å². The Hall–Kier alpha value is -0.790. The van der Waals surface area contributed by atoms with Crippen molar-refractivity contribution in [3.05, 3.63) is 12.2 Å². The van der Waals surface area contributed by atoms with Gasteiger partial charge < -0.3 is 4.90 Å². The summed E-state index contributed by atoms with van der Waals surface area (Å²) in [5, 5.41) is 0. The third-order valence-electron chi connectivity index (χ3n) is 2.82. The molecule has 0 bridgehead atoms. The zero-order valence-electron chi connectivity index (χ0n) is 10.4. The number of rotatable bonds is 1. The first-order valence-corrected chi connectivity index (χ1v) is 5.86. The van der Waals surface area contributed by atoms with E-state index in [1.54, 1.807) is 6.08 Å². The van der Waals surface area contributed by atoms with Crippen LogP contribution in [0.15, 0.2) is 12.2 Å². The molecule has 15 heavy (non-hydrogen) atoms. The highest BCUT2D eigenvalue weighted by Gasteiger charge is 2.18. The van der Waals surface area contributed by atoms with Crippen LogP contribution < -0.4 is 0 Å². The van der Waals surface area contributed by atoms with Gasteiger partial charge in [-0.2, -0.15) is 0 Å². The molecule has 1 aliphatic rings. The number of hydrogen-bond acceptors (Lipinski definition) is 1. The van der Waals surface area contributed by atoms with E-state index in [-0.39, 0.29) is 11.3 Å². The summed E-state index contributed by atoms with van der Waals surface area (Å²) in [6.07, 6.45) is 6.02. The second-order valence-electron chi connectivity index (χ2n) is 5.71. The van der Waals surface area contributed by atoms with E-state index in [1.807, 2.05) is 11.0 Å². The van der Waals surface area contributed by atoms with E-state index in [9.17, 15) is 4.79 Å². The van der Waals surface area contributed by atoms with E-state index in [4.69, 9.17) is 0 Å². The molecule has 1 aliphatic heterocycles. The van der Waals surface area contributed by atoms with Gasteiger partial charge in [0.05, 0.1) is 0 Å². The van der Waals surface area contributed by atoms with Crippen molar-refractivity contribution in [1.82, 2.24) is 4.90 Å². The van der Waals surface area contributed by atoms with Gasteiger partial charge in [0.25, 0.3) is 0 Å². The molecule has 0 spiro atoms. The van der Waals surface area contributed by atoms with E-state index in [0.29, 0.717) is 0 Å². The summed E-state index contributed by atoms with van der Waals surface area (Å²) in [6.45, 7) is 10.4. The molecular weight excluding hydrogens is 186 g/mol. The number of carbonyl (C=O) groups excluding carboxylic acids is 1. The molecule has 2 heteroatoms. The molecule has 1 amide bonds. The topological polar surface area (TPSA) is 20.3 Å². The monoisotopic (exact) mass is 209 g/mol. The van der Waals surface area contributed by atoms with Gasteiger partial charge >= 0.3 is 0 Å². The lowest BCUT2D eigenvalue weighted by Crippen LogP contribution is -2.36. The lowest BCUT2D eigenvalue weighted by molar-refractivity contribution is -0.127. The molecule has 0 radical (unpaired) electrons. The molecule has 0 N–H and O–H groups in total. The molecule has 1 rings (SSSR count). The number of piperidine rings is 1. The summed E-state index contributed by atoms with van der Waals surface area (Å²) in [5.41, 5.74) is 0.0960. The zero-order valence-corrected chi connectivity index (χ0v) is 10.4. The second kappa shape index (κ2) is 4.82. The molecule has 1 saturated heterocycles. The Balaban J connectivity index is 2.44. The van der Waals surface area contributed by atoms with Crippen LogP contribution in [0.25, 0.3) is 0 Å². The van der Waals surface area contributed by atoms with E-state index in [1.165, 1.54) is 0 Å². The number of nitrogens with zero attached hydrogens (tertiary/aromatic N) is 1. The van der Waals surface area contributed by atoms with Crippen molar-refractivity contribution in [2.45, 2.75) is 40.5 Å². The fourth-order valence-corrected chi connectivity index (χ4v) is 1.66. The Morgan fingerprint density at radius 2 is 1.80 bits per heavy atom. The Bertz CT molecular complexity index is 242. The summed E-state index contributed by atoms with van der Waals surface area (Å²) in [4.78, 5) is 13.8. The lowest BCUT2D eigenvalue weighted by atomic mass is 9.96. The highest BCUT2D eigenvalue weighted by Crippen LogP contribution is 2.18. The molecule has 0 atom stereocenters. The van der Waals surface area contributed by atoms with Crippen LogP contribution in [0.3, 0.4) is 0 Å². The van der Waals surface area contributed by atoms with Crippen LogP contribution in [0.4, 0.5) is 0 Å². The molecule has 1 heterocycles. The number of allylic oxidation sites excluding steroid dienone is 1. The first kappa shape index (κ1) is 12.3. The van der Waals surface area contributed by atoms with E-state index >= 15 is 0 Å². The Morgan fingerprint density at radius 3 is 2.27 bits per heavy atom. The maximum Gasteiger partial charge on any atom is 0.246 e. The maximum absolute atomic E-state index is 11.8. The van der Waals surface area contributed by atoms with Gasteiger partial charge in [-0.25, -0.2) is 0 Å². The first-order chi connectivity index (χ1) is 6.88. The van der Waals surface area contributed by atoms with Crippen molar-refractivity contribution >= 4 is 5.91 Å². The summed E-state index contributed by atoms with van der Waals surface area (Å²) < 4.78 is 0. The summed E-state index contributed by atoms with van der Waals surface area (Å²) >= 11 is 0. The highest BCUT2D eigenvalue weighted by molar-refractivity contribution is 5.87. The van der Waals surface area contributed by atoms with Gasteiger partial charge in [-0.3, -0.25) is 4.79 Å². The number of hydrogen-bond donors (Lipinski definition) is 0. The third kappa shape index (κ3) is 4.50. The van der Waals surface area contributed by atoms with E-state index in [2.05, 4.69) is 27.7 Å². The first-order valence-electron chi connectivity index (χ1n) is 5.86. The molecule has 2 nitrogen and oxygen atoms in total. The van der Waals surface area contributed by atoms with Gasteiger partial charge in [0.15, 0.2) is 0 Å². The van der Waals surface area contributed by atoms with Crippen molar-refractivity contribution in [2.75, 3.05) is 13.1 Å². The van der Waals surface area contributed by atoms with Gasteiger partial charge in [-0.05, 0) is 30.3 Å². The van der Waals surface area contributed by atoms with Crippen LogP contribution in [0.1, 0.15) is 40.5 Å². The number of carbonyl (C=O) groups is 1. The molecule has 0 aliphatic carbocycles. The minimum atomic E-state index is 0.0960. The van der Waals surface area contributed by atoms with Crippen molar-refractivity contribution < 1.29 is 4.79 Å². The second-order valence-corrected chi connectivity index (χ2v) is 5.71. The molecule has 86 valence electrons. The van der Waals surface area contributed by atoms with Crippen LogP contribution in [0.5, 0.6) is 0 Å². The smallest absolute Gasteiger partial charge is 0.246 e. The van der Waals surface area contributed by atoms with Gasteiger partial charge in [0, 0.05) is 13.1 Å². The van der Waals surface area contributed by atoms with Crippen LogP contribution in [0.2, 0.25) is 0 Å². The van der Waals surface area contributed by atoms with E-state index < -0.39 is 0 Å². The van der Waals surface area contributed by atoms with Crippen molar-refractivity contribution in [3.8, 4) is 0 Å². The molecule has 0 aromatic heterocycles. The zero-order chi connectivity index (χ0) is 11.5. The average molecular weight is 209 g/mol. The lowest BCUT2D eigenvalue weighted by Gasteiger charge is -2.29. The normalized spacial score (nSPS) is 19.9. The van der Waals surface area contributed by atoms with Crippen LogP contribution >= 0.6 is 0 Å². The average Bonchev–Trinajstić information content (AvgIpc) is 2.14. The van der Waals surface area contributed by atoms with Gasteiger partial charge in [0.1, 0.15) is 0 Å². The fraction of sp³-hybridized carbons (Fsp3) is 0.769. The summed E-state index contributed by atoms with van der Waals surface area (Å²) in [6, 6.07) is 0. The number of likely N-dealkylation sites (tertiary alicyclic amines) is 1. The minimum Gasteiger partial charge on any atom is -0.339 e. The molecular formula is C13H23NO. The van der Waals surface area contributed by atoms with Crippen molar-refractivity contribution in [3.63, 3.8) is 0 Å². The van der Waals surface area contributed by atoms with Crippen molar-refractivity contribution in [2.24, 2.45) is 11.3 Å². The van der Waals surface area contributed by atoms with Gasteiger partial charge in [0.2, 0.25) is 5.91 Å². The molecule has 0 unspecified atom stereocenters. The molecule has 0 saturated carbocycles. The van der Waals surface area contributed by atoms with Crippen LogP contribution in [-0.4, -0.2) is 23.9 Å². The quantitative estimate of drug-likeness (QED) is 0.608. The van der Waals surface area contributed by atoms with Gasteiger partial charge in [-0.15, -0.1) is 0 Å². The fourth-order valence-electron chi connectivity index (χ4n) is 1.66. The Kier molecular flexibility index (Phi) is 3.95. The predicted molar refractivity (Wildman–Crippen MR) is 63.6 cm³/mol. The maximum atomic E-state index is 11.8. The Morgan fingerprint density at radius 1 is 1.27 bits per heavy atom. The SMILES string of the molecule is CC1CCN(C(=O)/C=C/C(C)(C)C)CC1. The summed E-state index contributed by atoms with van der Waals surface area (Å²) in [5.74, 6) is 0.956. The minimum absolute atomic E-state index is 0.0960. The molecule has 0 aromatic carbocycles. The van der Waals surface area contributed by atoms with Crippen LogP contribution in [-0.2, 0) is 4.79 Å². The molecule has 0 aromatic rings. The van der Waals surface area contributed by atoms with Crippen LogP contribution in [0, 0.1) is 11.3 Å². The number of amides is 1. The van der Waals surface area contributed by atoms with Gasteiger partial charge in [-0.1, -0.05) is 33.8 Å². The standard InChI is InChI=1S/C13H23NO/c1-11-6-9-14(10-7-11)12(15)5-8-13(2,3)4/h5,8,11H,6-7,9-10H2,1-4H3/b8-5+. The third-order valence-corrected chi connectivity index (χ3v) is 2.82. The van der Waals surface area contributed by atoms with Crippen molar-refractivity contribution in [1.29, 1.82) is 0 Å². The van der Waals surface area contributed by atoms with E-state index in [0.717, 1.165) is 31.8 Å². The predicted octanol–water partition coefficient (Wildman–Crippen LogP) is 2.85. The molecule has 1 fully saturated rings.